The third kappa shape index (κ3) is 3.08. The lowest BCUT2D eigenvalue weighted by Gasteiger charge is -2.43. The first-order valence-corrected chi connectivity index (χ1v) is 6.00. The molecule has 1 amide bonds. The molecule has 0 spiro atoms. The Morgan fingerprint density at radius 1 is 1.50 bits per heavy atom. The Kier molecular flexibility index (Phi) is 4.14. The second kappa shape index (κ2) is 5.00. The zero-order valence-corrected chi connectivity index (χ0v) is 11.0. The van der Waals surface area contributed by atoms with Crippen LogP contribution in [0.2, 0.25) is 0 Å². The highest BCUT2D eigenvalue weighted by atomic mass is 16.2. The molecule has 0 unspecified atom stereocenters. The zero-order chi connectivity index (χ0) is 12.3. The summed E-state index contributed by atoms with van der Waals surface area (Å²) >= 11 is 0. The van der Waals surface area contributed by atoms with Crippen LogP contribution in [-0.2, 0) is 4.79 Å². The van der Waals surface area contributed by atoms with E-state index in [0.717, 1.165) is 19.5 Å². The topological polar surface area (TPSA) is 23.6 Å². The number of likely N-dealkylation sites (tertiary alicyclic amines) is 1. The van der Waals surface area contributed by atoms with Crippen LogP contribution in [0.5, 0.6) is 0 Å². The van der Waals surface area contributed by atoms with E-state index in [-0.39, 0.29) is 11.4 Å². The van der Waals surface area contributed by atoms with Gasteiger partial charge in [-0.05, 0) is 46.7 Å². The van der Waals surface area contributed by atoms with Crippen LogP contribution in [0.1, 0.15) is 33.6 Å². The number of rotatable bonds is 2. The van der Waals surface area contributed by atoms with Gasteiger partial charge in [0.25, 0.3) is 0 Å². The van der Waals surface area contributed by atoms with Crippen molar-refractivity contribution in [3.05, 3.63) is 12.7 Å². The van der Waals surface area contributed by atoms with Gasteiger partial charge < -0.3 is 4.90 Å². The van der Waals surface area contributed by atoms with E-state index in [1.54, 1.807) is 0 Å². The molecule has 0 bridgehead atoms. The first-order chi connectivity index (χ1) is 7.36. The summed E-state index contributed by atoms with van der Waals surface area (Å²) in [4.78, 5) is 15.9. The third-order valence-electron chi connectivity index (χ3n) is 3.49. The van der Waals surface area contributed by atoms with E-state index in [9.17, 15) is 4.79 Å². The van der Waals surface area contributed by atoms with Gasteiger partial charge in [-0.3, -0.25) is 9.69 Å². The summed E-state index contributed by atoms with van der Waals surface area (Å²) in [6, 6.07) is 0.470. The summed E-state index contributed by atoms with van der Waals surface area (Å²) in [7, 11) is 2.15. The van der Waals surface area contributed by atoms with E-state index in [2.05, 4.69) is 39.3 Å². The Balaban J connectivity index is 2.63. The average Bonchev–Trinajstić information content (AvgIpc) is 2.26. The van der Waals surface area contributed by atoms with Crippen LogP contribution in [0.15, 0.2) is 12.7 Å². The highest BCUT2D eigenvalue weighted by Gasteiger charge is 2.30. The van der Waals surface area contributed by atoms with Gasteiger partial charge in [-0.25, -0.2) is 0 Å². The molecule has 1 rings (SSSR count). The van der Waals surface area contributed by atoms with Crippen LogP contribution in [0.25, 0.3) is 0 Å². The fourth-order valence-electron chi connectivity index (χ4n) is 2.15. The van der Waals surface area contributed by atoms with E-state index in [4.69, 9.17) is 0 Å². The lowest BCUT2D eigenvalue weighted by Crippen LogP contribution is -2.53. The molecule has 0 aromatic carbocycles. The Morgan fingerprint density at radius 2 is 2.12 bits per heavy atom. The number of hydrogen-bond acceptors (Lipinski definition) is 2. The summed E-state index contributed by atoms with van der Waals surface area (Å²) < 4.78 is 0. The minimum atomic E-state index is 0.0620. The number of hydrogen-bond donors (Lipinski definition) is 0. The molecule has 0 saturated carbocycles. The van der Waals surface area contributed by atoms with Crippen LogP contribution >= 0.6 is 0 Å². The first-order valence-electron chi connectivity index (χ1n) is 6.00. The lowest BCUT2D eigenvalue weighted by molar-refractivity contribution is -0.128. The van der Waals surface area contributed by atoms with Gasteiger partial charge in [0.2, 0.25) is 5.91 Å². The van der Waals surface area contributed by atoms with E-state index in [1.165, 1.54) is 12.5 Å². The molecule has 1 heterocycles. The molecule has 1 aliphatic rings. The van der Waals surface area contributed by atoms with Crippen molar-refractivity contribution in [2.24, 2.45) is 0 Å². The molecular weight excluding hydrogens is 200 g/mol. The van der Waals surface area contributed by atoms with Crippen LogP contribution in [0, 0.1) is 0 Å². The van der Waals surface area contributed by atoms with Gasteiger partial charge in [0.1, 0.15) is 0 Å². The molecule has 0 N–H and O–H groups in total. The van der Waals surface area contributed by atoms with Gasteiger partial charge >= 0.3 is 0 Å². The molecule has 1 saturated heterocycles. The van der Waals surface area contributed by atoms with Gasteiger partial charge in [0.15, 0.2) is 0 Å². The van der Waals surface area contributed by atoms with Crippen LogP contribution in [0.3, 0.4) is 0 Å². The van der Waals surface area contributed by atoms with E-state index in [0.29, 0.717) is 6.04 Å². The van der Waals surface area contributed by atoms with Crippen molar-refractivity contribution < 1.29 is 4.79 Å². The molecule has 1 aliphatic heterocycles. The van der Waals surface area contributed by atoms with Crippen molar-refractivity contribution in [3.63, 3.8) is 0 Å². The van der Waals surface area contributed by atoms with Gasteiger partial charge in [0, 0.05) is 24.7 Å². The second-order valence-electron chi connectivity index (χ2n) is 5.57. The maximum absolute atomic E-state index is 11.6. The first kappa shape index (κ1) is 13.2. The summed E-state index contributed by atoms with van der Waals surface area (Å²) in [6.07, 6.45) is 3.68. The number of amides is 1. The summed E-state index contributed by atoms with van der Waals surface area (Å²) in [5, 5.41) is 0. The Bertz CT molecular complexity index is 268. The predicted octanol–water partition coefficient (Wildman–Crippen LogP) is 1.89. The van der Waals surface area contributed by atoms with Crippen LogP contribution in [0.4, 0.5) is 0 Å². The SMILES string of the molecule is C=CC(=O)N1CCC[C@@H](N(C)C(C)(C)C)C1. The molecule has 0 aromatic heterocycles. The Labute approximate surface area is 99.1 Å². The molecule has 1 atom stereocenters. The number of carbonyl (C=O) groups is 1. The molecule has 0 aliphatic carbocycles. The third-order valence-corrected chi connectivity index (χ3v) is 3.49. The van der Waals surface area contributed by atoms with Gasteiger partial charge in [-0.2, -0.15) is 0 Å². The van der Waals surface area contributed by atoms with Crippen molar-refractivity contribution >= 4 is 5.91 Å². The number of likely N-dealkylation sites (N-methyl/N-ethyl adjacent to an activating group) is 1. The molecule has 3 nitrogen and oxygen atoms in total. The van der Waals surface area contributed by atoms with Crippen molar-refractivity contribution in [1.82, 2.24) is 9.80 Å². The molecule has 16 heavy (non-hydrogen) atoms. The molecule has 0 aromatic rings. The molecule has 0 radical (unpaired) electrons. The standard InChI is InChI=1S/C13H24N2O/c1-6-12(16)15-9-7-8-11(10-15)14(5)13(2,3)4/h6,11H,1,7-10H2,2-5H3/t11-/m1/s1. The monoisotopic (exact) mass is 224 g/mol. The Morgan fingerprint density at radius 3 is 2.62 bits per heavy atom. The predicted molar refractivity (Wildman–Crippen MR) is 67.3 cm³/mol. The largest absolute Gasteiger partial charge is 0.338 e. The van der Waals surface area contributed by atoms with Crippen molar-refractivity contribution in [2.45, 2.75) is 45.2 Å². The highest BCUT2D eigenvalue weighted by molar-refractivity contribution is 5.87. The smallest absolute Gasteiger partial charge is 0.246 e. The molecule has 1 fully saturated rings. The van der Waals surface area contributed by atoms with Gasteiger partial charge in [-0.15, -0.1) is 0 Å². The summed E-state index contributed by atoms with van der Waals surface area (Å²) in [6.45, 7) is 11.9. The fourth-order valence-corrected chi connectivity index (χ4v) is 2.15. The number of piperidine rings is 1. The van der Waals surface area contributed by atoms with Crippen LogP contribution < -0.4 is 0 Å². The lowest BCUT2D eigenvalue weighted by atomic mass is 9.98. The van der Waals surface area contributed by atoms with E-state index in [1.807, 2.05) is 4.90 Å². The van der Waals surface area contributed by atoms with Gasteiger partial charge in [-0.1, -0.05) is 6.58 Å². The zero-order valence-electron chi connectivity index (χ0n) is 11.0. The minimum Gasteiger partial charge on any atom is -0.338 e. The maximum Gasteiger partial charge on any atom is 0.246 e. The van der Waals surface area contributed by atoms with Gasteiger partial charge in [0.05, 0.1) is 0 Å². The normalized spacial score (nSPS) is 22.3. The number of carbonyl (C=O) groups excluding carboxylic acids is 1. The van der Waals surface area contributed by atoms with Crippen LogP contribution in [-0.4, -0.2) is 47.4 Å². The maximum atomic E-state index is 11.6. The van der Waals surface area contributed by atoms with Crippen molar-refractivity contribution in [1.29, 1.82) is 0 Å². The van der Waals surface area contributed by atoms with E-state index < -0.39 is 0 Å². The summed E-state index contributed by atoms with van der Waals surface area (Å²) in [5.74, 6) is 0.0620. The average molecular weight is 224 g/mol. The minimum absolute atomic E-state index is 0.0620. The van der Waals surface area contributed by atoms with Crippen molar-refractivity contribution in [3.8, 4) is 0 Å². The number of nitrogens with zero attached hydrogens (tertiary/aromatic N) is 2. The highest BCUT2D eigenvalue weighted by Crippen LogP contribution is 2.21. The quantitative estimate of drug-likeness (QED) is 0.669. The molecule has 92 valence electrons. The van der Waals surface area contributed by atoms with E-state index >= 15 is 0 Å². The second-order valence-corrected chi connectivity index (χ2v) is 5.57. The van der Waals surface area contributed by atoms with Crippen molar-refractivity contribution in [2.75, 3.05) is 20.1 Å². The Hall–Kier alpha value is -0.830. The summed E-state index contributed by atoms with van der Waals surface area (Å²) in [5.41, 5.74) is 0.158. The molecule has 3 heteroatoms. The molecular formula is C13H24N2O. The fraction of sp³-hybridized carbons (Fsp3) is 0.769.